The number of rotatable bonds is 10. The maximum atomic E-state index is 12.1. The van der Waals surface area contributed by atoms with Gasteiger partial charge in [0.25, 0.3) is 16.9 Å². The largest absolute Gasteiger partial charge is 0.507 e. The highest BCUT2D eigenvalue weighted by molar-refractivity contribution is 6.46. The summed E-state index contributed by atoms with van der Waals surface area (Å²) in [5.74, 6) is -3.50. The summed E-state index contributed by atoms with van der Waals surface area (Å²) >= 11 is 54.0. The Hall–Kier alpha value is -7.22. The summed E-state index contributed by atoms with van der Waals surface area (Å²) in [6, 6.07) is 3.51. The van der Waals surface area contributed by atoms with Crippen LogP contribution in [0.15, 0.2) is 15.7 Å². The molecule has 105 heavy (non-hydrogen) atoms. The number of carbonyl (C=O) groups is 5. The van der Waals surface area contributed by atoms with Crippen LogP contribution in [-0.4, -0.2) is 120 Å². The van der Waals surface area contributed by atoms with Gasteiger partial charge in [0.1, 0.15) is 43.9 Å². The Morgan fingerprint density at radius 1 is 0.448 bits per heavy atom. The van der Waals surface area contributed by atoms with Gasteiger partial charge < -0.3 is 53.7 Å². The van der Waals surface area contributed by atoms with Gasteiger partial charge in [-0.05, 0) is 164 Å². The molecule has 24 nitrogen and oxygen atoms in total. The molecule has 0 unspecified atom stereocenters. The summed E-state index contributed by atoms with van der Waals surface area (Å²) in [7, 11) is 4.90. The Morgan fingerprint density at radius 3 is 1.21 bits per heavy atom. The van der Waals surface area contributed by atoms with Crippen LogP contribution in [0.4, 0.5) is 0 Å². The average molecular weight is 1640 g/mol. The number of aryl methyl sites for hydroxylation is 7. The molecule has 0 aromatic carbocycles. The van der Waals surface area contributed by atoms with E-state index in [0.717, 1.165) is 40.2 Å². The van der Waals surface area contributed by atoms with Crippen LogP contribution in [-0.2, 0) is 47.6 Å². The van der Waals surface area contributed by atoms with E-state index in [9.17, 15) is 43.8 Å². The molecule has 0 saturated heterocycles. The first-order chi connectivity index (χ1) is 48.2. The highest BCUT2D eigenvalue weighted by Crippen LogP contribution is 2.39. The molecule has 0 aliphatic rings. The van der Waals surface area contributed by atoms with E-state index in [0.29, 0.717) is 93.3 Å². The van der Waals surface area contributed by atoms with E-state index in [4.69, 9.17) is 134 Å². The number of Topliss-reactive ketones (excluding diaryl/α,β-unsaturated/α-hetero) is 1. The van der Waals surface area contributed by atoms with Crippen LogP contribution in [0.3, 0.4) is 0 Å². The summed E-state index contributed by atoms with van der Waals surface area (Å²) in [5.41, 5.74) is 9.36. The van der Waals surface area contributed by atoms with Crippen molar-refractivity contribution in [3.05, 3.63) is 190 Å². The lowest BCUT2D eigenvalue weighted by molar-refractivity contribution is -0.164. The lowest BCUT2D eigenvalue weighted by Crippen LogP contribution is -2.29. The zero-order chi connectivity index (χ0) is 81.9. The quantitative estimate of drug-likeness (QED) is 0.0279. The molecule has 7 aromatic rings. The molecule has 0 bridgehead atoms. The number of methoxy groups -OCH3 is 4. The number of aromatic hydroxyl groups is 2. The summed E-state index contributed by atoms with van der Waals surface area (Å²) < 4.78 is 30.0. The highest BCUT2D eigenvalue weighted by Gasteiger charge is 2.35. The maximum absolute atomic E-state index is 12.1. The lowest BCUT2D eigenvalue weighted by atomic mass is 10.0. The van der Waals surface area contributed by atoms with Crippen molar-refractivity contribution < 1.29 is 67.7 Å². The lowest BCUT2D eigenvalue weighted by Gasteiger charge is -2.27. The van der Waals surface area contributed by atoms with Crippen molar-refractivity contribution >= 4 is 134 Å². The van der Waals surface area contributed by atoms with Gasteiger partial charge in [0.2, 0.25) is 0 Å². The van der Waals surface area contributed by atoms with Gasteiger partial charge in [-0.25, -0.2) is 44.1 Å². The predicted molar refractivity (Wildman–Crippen MR) is 409 cm³/mol. The van der Waals surface area contributed by atoms with E-state index in [1.54, 1.807) is 90.0 Å². The Balaban J connectivity index is 0.000000622. The number of nitrogens with zero attached hydrogens (tertiary/aromatic N) is 6. The summed E-state index contributed by atoms with van der Waals surface area (Å²) in [6.45, 7) is 38.4. The second kappa shape index (κ2) is 41.8. The number of ether oxygens (including phenoxy) is 6. The molecular formula is C72H87Cl9N8O16. The van der Waals surface area contributed by atoms with Crippen molar-refractivity contribution in [2.45, 2.75) is 182 Å². The van der Waals surface area contributed by atoms with Crippen molar-refractivity contribution in [1.82, 2.24) is 34.9 Å². The van der Waals surface area contributed by atoms with E-state index < -0.39 is 59.2 Å². The molecular weight excluding hydrogens is 1550 g/mol. The van der Waals surface area contributed by atoms with E-state index in [2.05, 4.69) is 44.4 Å². The van der Waals surface area contributed by atoms with E-state index in [1.165, 1.54) is 27.4 Å². The minimum atomic E-state index is -1.44. The number of hydrogen-bond acceptors (Lipinski definition) is 22. The second-order valence-electron chi connectivity index (χ2n) is 25.0. The van der Waals surface area contributed by atoms with Crippen LogP contribution in [0.25, 0.3) is 0 Å². The number of aliphatic hydroxyl groups excluding tert-OH is 1. The zero-order valence-electron chi connectivity index (χ0n) is 63.0. The first-order valence-electron chi connectivity index (χ1n) is 31.2. The van der Waals surface area contributed by atoms with Crippen molar-refractivity contribution in [2.24, 2.45) is 0 Å². The molecule has 574 valence electrons. The van der Waals surface area contributed by atoms with Crippen molar-refractivity contribution in [1.29, 1.82) is 5.26 Å². The maximum Gasteiger partial charge on any atom is 0.379 e. The number of halogens is 9. The van der Waals surface area contributed by atoms with Crippen molar-refractivity contribution in [3.63, 3.8) is 0 Å². The van der Waals surface area contributed by atoms with Crippen LogP contribution in [0, 0.1) is 122 Å². The van der Waals surface area contributed by atoms with Crippen LogP contribution in [0.2, 0.25) is 45.7 Å². The monoisotopic (exact) mass is 1630 g/mol. The molecule has 3 atom stereocenters. The van der Waals surface area contributed by atoms with Gasteiger partial charge in [-0.15, -0.1) is 0 Å². The summed E-state index contributed by atoms with van der Waals surface area (Å²) in [4.78, 5) is 106. The molecule has 0 spiro atoms. The van der Waals surface area contributed by atoms with Gasteiger partial charge in [-0.3, -0.25) is 14.4 Å². The van der Waals surface area contributed by atoms with E-state index >= 15 is 0 Å². The van der Waals surface area contributed by atoms with Crippen LogP contribution in [0.5, 0.6) is 11.5 Å². The highest BCUT2D eigenvalue weighted by atomic mass is 35.5. The molecule has 0 amide bonds. The van der Waals surface area contributed by atoms with Crippen LogP contribution < -0.4 is 11.1 Å². The molecule has 7 rings (SSSR count). The molecule has 0 fully saturated rings. The SMILES string of the molecule is COC(=O)C(=O)c1c(C)nc(Cl)c(C)c1Cl.COC(=O)[C@@H](O)c1c(C)nc(Cl)c(C)c1Cl.COC(=O)[C@@H](OC(C)(C)C)c1c(C)nc(C#N)c(C)c1Cl.COC(=O)[C@@H](OC(C)(C)C)c1c(C)nc(Cl)c(C)c1Cl.Cc1[nH]c(=O)c(C)c(O)c1C.Cc1cc(O)c(C)c(=O)[nH]1.Cc1nc(Cl)c(C)c(Cl)c1C. The fraction of sp³-hybridized carbons (Fsp3) is 0.431. The zero-order valence-corrected chi connectivity index (χ0v) is 69.8. The topological polar surface area (TPSA) is 355 Å². The van der Waals surface area contributed by atoms with Gasteiger partial charge in [0, 0.05) is 84.2 Å². The summed E-state index contributed by atoms with van der Waals surface area (Å²) in [5, 5.41) is 40.2. The smallest absolute Gasteiger partial charge is 0.379 e. The molecule has 0 saturated carbocycles. The van der Waals surface area contributed by atoms with Crippen LogP contribution in [0.1, 0.15) is 183 Å². The van der Waals surface area contributed by atoms with Crippen molar-refractivity contribution in [2.75, 3.05) is 28.4 Å². The number of nitriles is 1. The fourth-order valence-electron chi connectivity index (χ4n) is 8.59. The molecule has 33 heteroatoms. The van der Waals surface area contributed by atoms with Gasteiger partial charge in [-0.2, -0.15) is 5.26 Å². The number of esters is 4. The van der Waals surface area contributed by atoms with Gasteiger partial charge in [0.15, 0.2) is 18.3 Å². The van der Waals surface area contributed by atoms with Gasteiger partial charge >= 0.3 is 23.9 Å². The standard InChI is InChI=1S/C15H19ClN2O3.C14H19Cl2NO3.C10H11Cl2NO3.C10H9Cl2NO3.C8H9Cl2N.C8H11NO2.C7H9NO2/c1-8-10(7-17)18-9(2)11(12(8)16)13(14(19)20-6)21-15(3,4)5;1-7-10(15)9(8(2)17-12(7)16)11(13(18)19-6)20-14(3,4)5;2*1-4-7(11)6(5(2)13-9(4)12)8(14)10(15)16-3;1-4-6(3)11-8(10)5(2)7(4)9;1-4-6(3)9-8(11)5(2)7(4)10;1-4-3-6(9)5(2)7(10)8-4/h13H,1-6H3;11H,1-6H3;8,14H,1-3H3;1-3H3;1-3H3;1-3H3,(H2,9,10,11);3H,1-2H3,(H2,8,9,10)/t13-;11-;8-;;;;/m000..../s1. The molecule has 0 aliphatic carbocycles. The number of hydrogen-bond donors (Lipinski definition) is 5. The minimum absolute atomic E-state index is 0.0374. The number of aromatic nitrogens is 7. The first-order valence-corrected chi connectivity index (χ1v) is 34.6. The number of nitrogens with one attached hydrogen (secondary N) is 2. The Kier molecular flexibility index (Phi) is 38.1. The molecule has 0 radical (unpaired) electrons. The third-order valence-electron chi connectivity index (χ3n) is 14.9. The number of H-pyrrole nitrogens is 2. The van der Waals surface area contributed by atoms with Gasteiger partial charge in [0.05, 0.1) is 87.1 Å². The van der Waals surface area contributed by atoms with Gasteiger partial charge in [-0.1, -0.05) is 104 Å². The Morgan fingerprint density at radius 2 is 0.810 bits per heavy atom. The van der Waals surface area contributed by atoms with E-state index in [-0.39, 0.29) is 59.8 Å². The third kappa shape index (κ3) is 26.6. The number of pyridine rings is 7. The first kappa shape index (κ1) is 95.8. The van der Waals surface area contributed by atoms with Crippen molar-refractivity contribution in [3.8, 4) is 17.6 Å². The Bertz CT molecular complexity index is 4520. The minimum Gasteiger partial charge on any atom is -0.507 e. The molecule has 7 aromatic heterocycles. The number of aromatic amines is 2. The fourth-order valence-corrected chi connectivity index (χ4v) is 11.2. The number of carbonyl (C=O) groups excluding carboxylic acids is 5. The normalized spacial score (nSPS) is 11.5. The third-order valence-corrected chi connectivity index (χ3v) is 18.9. The Labute approximate surface area is 655 Å². The average Bonchev–Trinajstić information content (AvgIpc) is 0.794. The molecule has 0 aliphatic heterocycles. The van der Waals surface area contributed by atoms with E-state index in [1.807, 2.05) is 68.4 Å². The summed E-state index contributed by atoms with van der Waals surface area (Å²) in [6.07, 6.45) is -3.36. The predicted octanol–water partition coefficient (Wildman–Crippen LogP) is 16.9. The molecule has 7 heterocycles. The number of ketones is 1. The second-order valence-corrected chi connectivity index (χ2v) is 28.4. The molecule has 5 N–H and O–H groups in total. The number of aliphatic hydroxyl groups is 1. The van der Waals surface area contributed by atoms with Crippen LogP contribution >= 0.6 is 104 Å².